The maximum Gasteiger partial charge on any atom is 0.251 e. The highest BCUT2D eigenvalue weighted by atomic mass is 16.5. The van der Waals surface area contributed by atoms with Gasteiger partial charge >= 0.3 is 0 Å². The second-order valence-corrected chi connectivity index (χ2v) is 5.79. The summed E-state index contributed by atoms with van der Waals surface area (Å²) < 4.78 is 13.0. The van der Waals surface area contributed by atoms with Gasteiger partial charge in [-0.2, -0.15) is 5.10 Å². The molecular weight excluding hydrogens is 318 g/mol. The molecule has 6 nitrogen and oxygen atoms in total. The number of rotatable bonds is 9. The topological polar surface area (TPSA) is 65.4 Å². The molecule has 1 aromatic heterocycles. The van der Waals surface area contributed by atoms with E-state index in [1.54, 1.807) is 18.2 Å². The molecule has 0 aliphatic carbocycles. The fraction of sp³-hybridized carbons (Fsp3) is 0.474. The van der Waals surface area contributed by atoms with E-state index in [1.807, 2.05) is 38.4 Å². The van der Waals surface area contributed by atoms with Crippen molar-refractivity contribution < 1.29 is 14.3 Å². The molecular formula is C19H27N3O3. The Labute approximate surface area is 149 Å². The predicted octanol–water partition coefficient (Wildman–Crippen LogP) is 3.12. The van der Waals surface area contributed by atoms with E-state index in [1.165, 1.54) is 0 Å². The smallest absolute Gasteiger partial charge is 0.251 e. The van der Waals surface area contributed by atoms with Crippen molar-refractivity contribution in [3.8, 4) is 11.5 Å². The second-order valence-electron chi connectivity index (χ2n) is 5.79. The van der Waals surface area contributed by atoms with Gasteiger partial charge in [-0.3, -0.25) is 9.48 Å². The fourth-order valence-electron chi connectivity index (χ4n) is 2.63. The summed E-state index contributed by atoms with van der Waals surface area (Å²) in [4.78, 5) is 12.3. The van der Waals surface area contributed by atoms with Crippen molar-refractivity contribution >= 4 is 5.91 Å². The number of benzene rings is 1. The van der Waals surface area contributed by atoms with Gasteiger partial charge in [-0.05, 0) is 58.4 Å². The zero-order chi connectivity index (χ0) is 18.2. The summed E-state index contributed by atoms with van der Waals surface area (Å²) in [7, 11) is 0. The SMILES string of the molecule is CCOc1ccc(C(=O)NCCCn2nc(C)cc2C)cc1OCC. The minimum absolute atomic E-state index is 0.114. The average molecular weight is 345 g/mol. The largest absolute Gasteiger partial charge is 0.490 e. The Bertz CT molecular complexity index is 710. The van der Waals surface area contributed by atoms with Crippen LogP contribution in [0.25, 0.3) is 0 Å². The lowest BCUT2D eigenvalue weighted by atomic mass is 10.2. The monoisotopic (exact) mass is 345 g/mol. The van der Waals surface area contributed by atoms with Gasteiger partial charge < -0.3 is 14.8 Å². The van der Waals surface area contributed by atoms with Crippen LogP contribution in [0.15, 0.2) is 24.3 Å². The van der Waals surface area contributed by atoms with Gasteiger partial charge in [0, 0.05) is 24.3 Å². The van der Waals surface area contributed by atoms with Crippen LogP contribution in [-0.2, 0) is 6.54 Å². The van der Waals surface area contributed by atoms with Crippen molar-refractivity contribution in [2.24, 2.45) is 0 Å². The van der Waals surface area contributed by atoms with E-state index in [0.29, 0.717) is 36.8 Å². The van der Waals surface area contributed by atoms with Crippen molar-refractivity contribution in [1.82, 2.24) is 15.1 Å². The van der Waals surface area contributed by atoms with Crippen LogP contribution < -0.4 is 14.8 Å². The molecule has 0 aliphatic heterocycles. The Balaban J connectivity index is 1.89. The van der Waals surface area contributed by atoms with Gasteiger partial charge in [0.15, 0.2) is 11.5 Å². The van der Waals surface area contributed by atoms with Crippen LogP contribution >= 0.6 is 0 Å². The number of nitrogens with one attached hydrogen (secondary N) is 1. The van der Waals surface area contributed by atoms with E-state index in [-0.39, 0.29) is 5.91 Å². The van der Waals surface area contributed by atoms with Crippen molar-refractivity contribution in [3.63, 3.8) is 0 Å². The maximum absolute atomic E-state index is 12.3. The first-order valence-electron chi connectivity index (χ1n) is 8.74. The van der Waals surface area contributed by atoms with Crippen LogP contribution in [0.1, 0.15) is 42.0 Å². The molecule has 2 aromatic rings. The number of carbonyl (C=O) groups excluding carboxylic acids is 1. The van der Waals surface area contributed by atoms with Gasteiger partial charge in [0.1, 0.15) is 0 Å². The third-order valence-electron chi connectivity index (χ3n) is 3.74. The number of aromatic nitrogens is 2. The molecule has 1 amide bonds. The molecule has 0 bridgehead atoms. The van der Waals surface area contributed by atoms with E-state index in [4.69, 9.17) is 9.47 Å². The van der Waals surface area contributed by atoms with E-state index in [2.05, 4.69) is 10.4 Å². The minimum Gasteiger partial charge on any atom is -0.490 e. The lowest BCUT2D eigenvalue weighted by Crippen LogP contribution is -2.25. The third-order valence-corrected chi connectivity index (χ3v) is 3.74. The van der Waals surface area contributed by atoms with Gasteiger partial charge in [0.2, 0.25) is 0 Å². The highest BCUT2D eigenvalue weighted by molar-refractivity contribution is 5.94. The fourth-order valence-corrected chi connectivity index (χ4v) is 2.63. The van der Waals surface area contributed by atoms with E-state index < -0.39 is 0 Å². The lowest BCUT2D eigenvalue weighted by Gasteiger charge is -2.12. The Morgan fingerprint density at radius 1 is 1.12 bits per heavy atom. The summed E-state index contributed by atoms with van der Waals surface area (Å²) in [6.45, 7) is 10.3. The molecule has 0 saturated heterocycles. The molecule has 0 unspecified atom stereocenters. The Hall–Kier alpha value is -2.50. The molecule has 0 fully saturated rings. The molecule has 0 saturated carbocycles. The van der Waals surface area contributed by atoms with Crippen molar-refractivity contribution in [1.29, 1.82) is 0 Å². The maximum atomic E-state index is 12.3. The Morgan fingerprint density at radius 2 is 1.84 bits per heavy atom. The molecule has 0 radical (unpaired) electrons. The number of ether oxygens (including phenoxy) is 2. The van der Waals surface area contributed by atoms with E-state index >= 15 is 0 Å². The number of nitrogens with zero attached hydrogens (tertiary/aromatic N) is 2. The van der Waals surface area contributed by atoms with Crippen molar-refractivity contribution in [2.75, 3.05) is 19.8 Å². The molecule has 2 rings (SSSR count). The first-order valence-corrected chi connectivity index (χ1v) is 8.74. The number of hydrogen-bond donors (Lipinski definition) is 1. The number of amides is 1. The quantitative estimate of drug-likeness (QED) is 0.709. The van der Waals surface area contributed by atoms with Crippen LogP contribution in [0.4, 0.5) is 0 Å². The van der Waals surface area contributed by atoms with Crippen LogP contribution in [0, 0.1) is 13.8 Å². The minimum atomic E-state index is -0.114. The zero-order valence-corrected chi connectivity index (χ0v) is 15.5. The van der Waals surface area contributed by atoms with Crippen molar-refractivity contribution in [3.05, 3.63) is 41.2 Å². The summed E-state index contributed by atoms with van der Waals surface area (Å²) in [6.07, 6.45) is 0.822. The van der Waals surface area contributed by atoms with Crippen LogP contribution in [0.2, 0.25) is 0 Å². The van der Waals surface area contributed by atoms with Gasteiger partial charge in [-0.15, -0.1) is 0 Å². The Morgan fingerprint density at radius 3 is 2.48 bits per heavy atom. The molecule has 136 valence electrons. The van der Waals surface area contributed by atoms with Gasteiger partial charge in [0.25, 0.3) is 5.91 Å². The van der Waals surface area contributed by atoms with Crippen LogP contribution in [0.5, 0.6) is 11.5 Å². The standard InChI is InChI=1S/C19H27N3O3/c1-5-24-17-9-8-16(13-18(17)25-6-2)19(23)20-10-7-11-22-15(4)12-14(3)21-22/h8-9,12-13H,5-7,10-11H2,1-4H3,(H,20,23). The second kappa shape index (κ2) is 9.11. The van der Waals surface area contributed by atoms with Gasteiger partial charge in [0.05, 0.1) is 18.9 Å². The lowest BCUT2D eigenvalue weighted by molar-refractivity contribution is 0.0952. The third kappa shape index (κ3) is 5.24. The molecule has 25 heavy (non-hydrogen) atoms. The van der Waals surface area contributed by atoms with Crippen LogP contribution in [-0.4, -0.2) is 35.4 Å². The summed E-state index contributed by atoms with van der Waals surface area (Å²) in [5.41, 5.74) is 2.72. The Kier molecular flexibility index (Phi) is 6.86. The summed E-state index contributed by atoms with van der Waals surface area (Å²) >= 11 is 0. The molecule has 1 N–H and O–H groups in total. The summed E-state index contributed by atoms with van der Waals surface area (Å²) in [5, 5.41) is 7.36. The highest BCUT2D eigenvalue weighted by Crippen LogP contribution is 2.28. The zero-order valence-electron chi connectivity index (χ0n) is 15.5. The van der Waals surface area contributed by atoms with Crippen molar-refractivity contribution in [2.45, 2.75) is 40.7 Å². The number of carbonyl (C=O) groups is 1. The average Bonchev–Trinajstić information content (AvgIpc) is 2.91. The van der Waals surface area contributed by atoms with E-state index in [9.17, 15) is 4.79 Å². The van der Waals surface area contributed by atoms with Gasteiger partial charge in [-0.25, -0.2) is 0 Å². The number of hydrogen-bond acceptors (Lipinski definition) is 4. The number of aryl methyl sites for hydroxylation is 3. The molecule has 0 spiro atoms. The summed E-state index contributed by atoms with van der Waals surface area (Å²) in [6, 6.07) is 7.31. The predicted molar refractivity (Wildman–Crippen MR) is 97.4 cm³/mol. The van der Waals surface area contributed by atoms with Gasteiger partial charge in [-0.1, -0.05) is 0 Å². The molecule has 1 heterocycles. The first-order chi connectivity index (χ1) is 12.0. The van der Waals surface area contributed by atoms with Crippen LogP contribution in [0.3, 0.4) is 0 Å². The molecule has 0 aliphatic rings. The molecule has 0 atom stereocenters. The molecule has 6 heteroatoms. The molecule has 1 aromatic carbocycles. The van der Waals surface area contributed by atoms with E-state index in [0.717, 1.165) is 24.4 Å². The first kappa shape index (κ1) is 18.8. The summed E-state index contributed by atoms with van der Waals surface area (Å²) in [5.74, 6) is 1.14. The normalized spacial score (nSPS) is 10.6. The highest BCUT2D eigenvalue weighted by Gasteiger charge is 2.11.